The highest BCUT2D eigenvalue weighted by Crippen LogP contribution is 2.26. The van der Waals surface area contributed by atoms with E-state index >= 15 is 0 Å². The van der Waals surface area contributed by atoms with E-state index in [-0.39, 0.29) is 0 Å². The standard InChI is InChI=1S/C10H14N2OS2/c1-8-9(7-13)15-10(11-8)12-3-2-5-14-6-4-12/h7H,2-6H2,1H3. The molecule has 0 atom stereocenters. The van der Waals surface area contributed by atoms with Crippen molar-refractivity contribution in [3.8, 4) is 0 Å². The lowest BCUT2D eigenvalue weighted by atomic mass is 10.4. The molecular formula is C10H14N2OS2. The van der Waals surface area contributed by atoms with Crippen LogP contribution in [0.2, 0.25) is 0 Å². The number of rotatable bonds is 2. The van der Waals surface area contributed by atoms with Crippen molar-refractivity contribution in [3.05, 3.63) is 10.6 Å². The quantitative estimate of drug-likeness (QED) is 0.745. The Hall–Kier alpha value is -0.550. The topological polar surface area (TPSA) is 33.2 Å². The molecule has 0 aliphatic carbocycles. The second kappa shape index (κ2) is 4.99. The number of aldehydes is 1. The minimum absolute atomic E-state index is 0.766. The molecule has 0 N–H and O–H groups in total. The summed E-state index contributed by atoms with van der Waals surface area (Å²) in [6, 6.07) is 0. The van der Waals surface area contributed by atoms with Gasteiger partial charge < -0.3 is 4.90 Å². The molecule has 5 heteroatoms. The average Bonchev–Trinajstić information content (AvgIpc) is 2.48. The summed E-state index contributed by atoms with van der Waals surface area (Å²) >= 11 is 3.51. The number of nitrogens with zero attached hydrogens (tertiary/aromatic N) is 2. The molecule has 1 saturated heterocycles. The van der Waals surface area contributed by atoms with E-state index in [1.165, 1.54) is 23.5 Å². The number of carbonyl (C=O) groups excluding carboxylic acids is 1. The maximum absolute atomic E-state index is 10.7. The SMILES string of the molecule is Cc1nc(N2CCCSCC2)sc1C=O. The Morgan fingerprint density at radius 3 is 3.00 bits per heavy atom. The molecule has 1 fully saturated rings. The number of aromatic nitrogens is 1. The first-order valence-corrected chi connectivity index (χ1v) is 7.03. The Balaban J connectivity index is 2.16. The summed E-state index contributed by atoms with van der Waals surface area (Å²) in [7, 11) is 0. The molecule has 2 heterocycles. The second-order valence-electron chi connectivity index (χ2n) is 3.52. The second-order valence-corrected chi connectivity index (χ2v) is 5.75. The van der Waals surface area contributed by atoms with Crippen LogP contribution in [0.25, 0.3) is 0 Å². The Morgan fingerprint density at radius 2 is 2.27 bits per heavy atom. The minimum atomic E-state index is 0.766. The summed E-state index contributed by atoms with van der Waals surface area (Å²) in [5.74, 6) is 2.40. The number of carbonyl (C=O) groups is 1. The first kappa shape index (κ1) is 11.0. The van der Waals surface area contributed by atoms with E-state index < -0.39 is 0 Å². The van der Waals surface area contributed by atoms with Crippen molar-refractivity contribution in [3.63, 3.8) is 0 Å². The highest BCUT2D eigenvalue weighted by atomic mass is 32.2. The van der Waals surface area contributed by atoms with Crippen LogP contribution in [0.5, 0.6) is 0 Å². The van der Waals surface area contributed by atoms with Gasteiger partial charge in [-0.05, 0) is 19.1 Å². The predicted molar refractivity (Wildman–Crippen MR) is 66.4 cm³/mol. The van der Waals surface area contributed by atoms with Gasteiger partial charge in [0, 0.05) is 18.8 Å². The Labute approximate surface area is 97.9 Å². The van der Waals surface area contributed by atoms with Crippen LogP contribution in [0, 0.1) is 6.92 Å². The van der Waals surface area contributed by atoms with Gasteiger partial charge in [-0.3, -0.25) is 4.79 Å². The number of thiazole rings is 1. The van der Waals surface area contributed by atoms with Crippen LogP contribution in [-0.2, 0) is 0 Å². The van der Waals surface area contributed by atoms with Crippen molar-refractivity contribution >= 4 is 34.5 Å². The zero-order valence-corrected chi connectivity index (χ0v) is 10.4. The molecule has 0 amide bonds. The molecule has 82 valence electrons. The zero-order valence-electron chi connectivity index (χ0n) is 8.73. The third-order valence-electron chi connectivity index (χ3n) is 2.42. The van der Waals surface area contributed by atoms with E-state index in [4.69, 9.17) is 0 Å². The number of anilines is 1. The third kappa shape index (κ3) is 2.52. The normalized spacial score (nSPS) is 17.5. The fourth-order valence-electron chi connectivity index (χ4n) is 1.58. The third-order valence-corrected chi connectivity index (χ3v) is 4.61. The molecule has 3 nitrogen and oxygen atoms in total. The molecule has 0 unspecified atom stereocenters. The van der Waals surface area contributed by atoms with Gasteiger partial charge in [-0.25, -0.2) is 4.98 Å². The van der Waals surface area contributed by atoms with Crippen LogP contribution in [0.15, 0.2) is 0 Å². The number of hydrogen-bond donors (Lipinski definition) is 0. The van der Waals surface area contributed by atoms with E-state index in [0.29, 0.717) is 0 Å². The van der Waals surface area contributed by atoms with Crippen LogP contribution in [0.3, 0.4) is 0 Å². The van der Waals surface area contributed by atoms with Gasteiger partial charge in [0.25, 0.3) is 0 Å². The molecular weight excluding hydrogens is 228 g/mol. The lowest BCUT2D eigenvalue weighted by molar-refractivity contribution is 0.112. The molecule has 1 aliphatic heterocycles. The van der Waals surface area contributed by atoms with Crippen molar-refractivity contribution in [1.82, 2.24) is 4.98 Å². The Bertz CT molecular complexity index is 343. The van der Waals surface area contributed by atoms with Crippen LogP contribution in [0.1, 0.15) is 21.8 Å². The first-order valence-electron chi connectivity index (χ1n) is 5.06. The highest BCUT2D eigenvalue weighted by Gasteiger charge is 2.15. The monoisotopic (exact) mass is 242 g/mol. The maximum atomic E-state index is 10.7. The maximum Gasteiger partial charge on any atom is 0.186 e. The number of thioether (sulfide) groups is 1. The predicted octanol–water partition coefficient (Wildman–Crippen LogP) is 2.21. The van der Waals surface area contributed by atoms with Crippen molar-refractivity contribution in [2.75, 3.05) is 29.5 Å². The molecule has 0 radical (unpaired) electrons. The van der Waals surface area contributed by atoms with Gasteiger partial charge in [0.15, 0.2) is 11.4 Å². The average molecular weight is 242 g/mol. The van der Waals surface area contributed by atoms with E-state index in [2.05, 4.69) is 9.88 Å². The van der Waals surface area contributed by atoms with Crippen LogP contribution < -0.4 is 4.90 Å². The van der Waals surface area contributed by atoms with Gasteiger partial charge in [0.05, 0.1) is 10.6 Å². The van der Waals surface area contributed by atoms with Gasteiger partial charge in [-0.1, -0.05) is 11.3 Å². The molecule has 0 bridgehead atoms. The summed E-state index contributed by atoms with van der Waals surface area (Å²) in [5.41, 5.74) is 0.863. The molecule has 2 rings (SSSR count). The lowest BCUT2D eigenvalue weighted by Crippen LogP contribution is -2.25. The molecule has 15 heavy (non-hydrogen) atoms. The van der Waals surface area contributed by atoms with Crippen molar-refractivity contribution in [1.29, 1.82) is 0 Å². The Morgan fingerprint density at radius 1 is 1.40 bits per heavy atom. The lowest BCUT2D eigenvalue weighted by Gasteiger charge is -2.18. The fourth-order valence-corrected chi connectivity index (χ4v) is 3.39. The molecule has 1 aliphatic rings. The summed E-state index contributed by atoms with van der Waals surface area (Å²) < 4.78 is 0. The molecule has 1 aromatic rings. The Kier molecular flexibility index (Phi) is 3.64. The van der Waals surface area contributed by atoms with Gasteiger partial charge >= 0.3 is 0 Å². The molecule has 0 spiro atoms. The van der Waals surface area contributed by atoms with Crippen molar-refractivity contribution in [2.45, 2.75) is 13.3 Å². The van der Waals surface area contributed by atoms with Gasteiger partial charge in [0.2, 0.25) is 0 Å². The molecule has 0 aromatic carbocycles. The minimum Gasteiger partial charge on any atom is -0.347 e. The first-order chi connectivity index (χ1) is 7.31. The number of aryl methyl sites for hydroxylation is 1. The fraction of sp³-hybridized carbons (Fsp3) is 0.600. The van der Waals surface area contributed by atoms with Crippen LogP contribution in [0.4, 0.5) is 5.13 Å². The van der Waals surface area contributed by atoms with E-state index in [0.717, 1.165) is 40.8 Å². The smallest absolute Gasteiger partial charge is 0.186 e. The summed E-state index contributed by atoms with van der Waals surface area (Å²) in [6.07, 6.45) is 2.11. The van der Waals surface area contributed by atoms with Gasteiger partial charge in [-0.2, -0.15) is 11.8 Å². The van der Waals surface area contributed by atoms with Crippen LogP contribution >= 0.6 is 23.1 Å². The van der Waals surface area contributed by atoms with Crippen molar-refractivity contribution < 1.29 is 4.79 Å². The van der Waals surface area contributed by atoms with Gasteiger partial charge in [0.1, 0.15) is 0 Å². The highest BCUT2D eigenvalue weighted by molar-refractivity contribution is 7.99. The zero-order chi connectivity index (χ0) is 10.7. The van der Waals surface area contributed by atoms with Crippen LogP contribution in [-0.4, -0.2) is 35.9 Å². The summed E-state index contributed by atoms with van der Waals surface area (Å²) in [6.45, 7) is 4.02. The van der Waals surface area contributed by atoms with E-state index in [9.17, 15) is 4.79 Å². The van der Waals surface area contributed by atoms with Gasteiger partial charge in [-0.15, -0.1) is 0 Å². The van der Waals surface area contributed by atoms with E-state index in [1.807, 2.05) is 18.7 Å². The van der Waals surface area contributed by atoms with E-state index in [1.54, 1.807) is 0 Å². The summed E-state index contributed by atoms with van der Waals surface area (Å²) in [4.78, 5) is 18.3. The summed E-state index contributed by atoms with van der Waals surface area (Å²) in [5, 5.41) is 1.01. The number of hydrogen-bond acceptors (Lipinski definition) is 5. The van der Waals surface area contributed by atoms with Crippen molar-refractivity contribution in [2.24, 2.45) is 0 Å². The molecule has 1 aromatic heterocycles. The molecule has 0 saturated carbocycles. The largest absolute Gasteiger partial charge is 0.347 e.